The maximum Gasteiger partial charge on any atom is 0.332 e. The molecule has 0 bridgehead atoms. The van der Waals surface area contributed by atoms with Crippen LogP contribution in [0.2, 0.25) is 5.02 Å². The van der Waals surface area contributed by atoms with Crippen LogP contribution in [0.25, 0.3) is 0 Å². The van der Waals surface area contributed by atoms with Crippen molar-refractivity contribution in [2.75, 3.05) is 0 Å². The summed E-state index contributed by atoms with van der Waals surface area (Å²) in [5, 5.41) is 0.553. The summed E-state index contributed by atoms with van der Waals surface area (Å²) < 4.78 is 5.90. The number of hydrogen-bond acceptors (Lipinski definition) is 4. The Bertz CT molecular complexity index is 1370. The fourth-order valence-electron chi connectivity index (χ4n) is 4.38. The Balaban J connectivity index is 1.87. The molecule has 0 radical (unpaired) electrons. The van der Waals surface area contributed by atoms with E-state index in [2.05, 4.69) is 0 Å². The number of nitrogens with zero attached hydrogens (tertiary/aromatic N) is 1. The number of Topliss-reactive ketones (excluding diaryl/α,β-unsaturated/α-hetero) is 1. The maximum absolute atomic E-state index is 13.9. The van der Waals surface area contributed by atoms with Crippen LogP contribution in [0, 0.1) is 0 Å². The van der Waals surface area contributed by atoms with E-state index >= 15 is 0 Å². The largest absolute Gasteiger partial charge is 0.458 e. The zero-order chi connectivity index (χ0) is 27.8. The van der Waals surface area contributed by atoms with Crippen LogP contribution in [0.4, 0.5) is 0 Å². The third-order valence-electron chi connectivity index (χ3n) is 6.19. The molecule has 0 amide bonds. The third-order valence-corrected chi connectivity index (χ3v) is 6.44. The predicted octanol–water partition coefficient (Wildman–Crippen LogP) is 7.94. The second-order valence-corrected chi connectivity index (χ2v) is 10.8. The van der Waals surface area contributed by atoms with Gasteiger partial charge in [-0.3, -0.25) is 9.79 Å². The van der Waals surface area contributed by atoms with Gasteiger partial charge in [-0.1, -0.05) is 103 Å². The lowest BCUT2D eigenvalue weighted by molar-refractivity contribution is -0.156. The lowest BCUT2D eigenvalue weighted by atomic mass is 9.85. The Kier molecular flexibility index (Phi) is 9.11. The molecule has 4 nitrogen and oxygen atoms in total. The number of carbonyl (C=O) groups is 2. The van der Waals surface area contributed by atoms with Gasteiger partial charge in [0.15, 0.2) is 11.8 Å². The maximum atomic E-state index is 13.9. The molecule has 0 aliphatic rings. The Morgan fingerprint density at radius 1 is 0.718 bits per heavy atom. The van der Waals surface area contributed by atoms with Crippen LogP contribution in [0.3, 0.4) is 0 Å². The second-order valence-electron chi connectivity index (χ2n) is 10.3. The van der Waals surface area contributed by atoms with Crippen molar-refractivity contribution in [3.8, 4) is 0 Å². The third kappa shape index (κ3) is 7.75. The molecule has 2 atom stereocenters. The fraction of sp³-hybridized carbons (Fsp3) is 0.206. The van der Waals surface area contributed by atoms with E-state index in [1.165, 1.54) is 0 Å². The van der Waals surface area contributed by atoms with Crippen molar-refractivity contribution in [3.05, 3.63) is 143 Å². The van der Waals surface area contributed by atoms with Crippen molar-refractivity contribution in [1.82, 2.24) is 0 Å². The fourth-order valence-corrected chi connectivity index (χ4v) is 4.51. The first-order chi connectivity index (χ1) is 18.7. The van der Waals surface area contributed by atoms with Gasteiger partial charge in [-0.05, 0) is 50.6 Å². The summed E-state index contributed by atoms with van der Waals surface area (Å²) in [4.78, 5) is 32.5. The van der Waals surface area contributed by atoms with Crippen LogP contribution < -0.4 is 0 Å². The van der Waals surface area contributed by atoms with Crippen LogP contribution in [-0.4, -0.2) is 29.1 Å². The van der Waals surface area contributed by atoms with Crippen molar-refractivity contribution in [2.24, 2.45) is 4.99 Å². The van der Waals surface area contributed by atoms with E-state index in [-0.39, 0.29) is 12.2 Å². The summed E-state index contributed by atoms with van der Waals surface area (Å²) >= 11 is 6.05. The van der Waals surface area contributed by atoms with Gasteiger partial charge in [-0.15, -0.1) is 0 Å². The van der Waals surface area contributed by atoms with Crippen LogP contribution in [0.1, 0.15) is 60.2 Å². The highest BCUT2D eigenvalue weighted by atomic mass is 35.5. The van der Waals surface area contributed by atoms with E-state index in [1.54, 1.807) is 24.3 Å². The van der Waals surface area contributed by atoms with Crippen molar-refractivity contribution in [2.45, 2.75) is 44.8 Å². The molecule has 4 aromatic rings. The zero-order valence-electron chi connectivity index (χ0n) is 22.4. The van der Waals surface area contributed by atoms with Gasteiger partial charge >= 0.3 is 5.97 Å². The number of rotatable bonds is 9. The Morgan fingerprint density at radius 2 is 1.21 bits per heavy atom. The van der Waals surface area contributed by atoms with Gasteiger partial charge < -0.3 is 4.74 Å². The minimum Gasteiger partial charge on any atom is -0.458 e. The molecule has 0 aromatic heterocycles. The number of carbonyl (C=O) groups excluding carboxylic acids is 2. The zero-order valence-corrected chi connectivity index (χ0v) is 23.1. The average Bonchev–Trinajstić information content (AvgIpc) is 2.93. The predicted molar refractivity (Wildman–Crippen MR) is 158 cm³/mol. The summed E-state index contributed by atoms with van der Waals surface area (Å²) in [5.41, 5.74) is 3.03. The second kappa shape index (κ2) is 12.7. The quantitative estimate of drug-likeness (QED) is 0.124. The number of aliphatic imine (C=N–C) groups is 1. The smallest absolute Gasteiger partial charge is 0.332 e. The number of ether oxygens (including phenoxy) is 1. The van der Waals surface area contributed by atoms with Crippen LogP contribution in [0.5, 0.6) is 0 Å². The SMILES string of the molecule is CC(C)(C)OC(=O)[C@H](N=C(c1ccccc1)c1ccccc1)[C@@H](CC(=O)c1ccc(Cl)cc1)c1ccccc1. The molecule has 4 rings (SSSR count). The molecule has 39 heavy (non-hydrogen) atoms. The molecule has 0 aliphatic heterocycles. The minimum atomic E-state index is -0.974. The van der Waals surface area contributed by atoms with E-state index < -0.39 is 23.5 Å². The Labute approximate surface area is 235 Å². The average molecular weight is 538 g/mol. The topological polar surface area (TPSA) is 55.7 Å². The molecule has 0 N–H and O–H groups in total. The first-order valence-electron chi connectivity index (χ1n) is 13.0. The van der Waals surface area contributed by atoms with Crippen LogP contribution in [-0.2, 0) is 9.53 Å². The monoisotopic (exact) mass is 537 g/mol. The minimum absolute atomic E-state index is 0.0654. The highest BCUT2D eigenvalue weighted by Gasteiger charge is 2.35. The molecule has 198 valence electrons. The summed E-state index contributed by atoms with van der Waals surface area (Å²) in [6.45, 7) is 5.49. The first-order valence-corrected chi connectivity index (χ1v) is 13.3. The van der Waals surface area contributed by atoms with E-state index in [9.17, 15) is 9.59 Å². The van der Waals surface area contributed by atoms with Gasteiger partial charge in [-0.25, -0.2) is 4.79 Å². The van der Waals surface area contributed by atoms with E-state index in [4.69, 9.17) is 21.3 Å². The van der Waals surface area contributed by atoms with Crippen molar-refractivity contribution >= 4 is 29.1 Å². The molecule has 0 saturated heterocycles. The number of benzene rings is 4. The number of hydrogen-bond donors (Lipinski definition) is 0. The van der Waals surface area contributed by atoms with Crippen molar-refractivity contribution in [3.63, 3.8) is 0 Å². The Morgan fingerprint density at radius 3 is 1.69 bits per heavy atom. The molecule has 0 saturated carbocycles. The molecule has 0 fully saturated rings. The summed E-state index contributed by atoms with van der Waals surface area (Å²) in [5.74, 6) is -1.15. The summed E-state index contributed by atoms with van der Waals surface area (Å²) in [6, 6.07) is 34.9. The van der Waals surface area contributed by atoms with Gasteiger partial charge in [-0.2, -0.15) is 0 Å². The van der Waals surface area contributed by atoms with Crippen molar-refractivity contribution in [1.29, 1.82) is 0 Å². The molecule has 0 aliphatic carbocycles. The van der Waals surface area contributed by atoms with Gasteiger partial charge in [0.05, 0.1) is 5.71 Å². The summed E-state index contributed by atoms with van der Waals surface area (Å²) in [7, 11) is 0. The lowest BCUT2D eigenvalue weighted by Gasteiger charge is -2.28. The lowest BCUT2D eigenvalue weighted by Crippen LogP contribution is -2.36. The van der Waals surface area contributed by atoms with Gasteiger partial charge in [0, 0.05) is 34.1 Å². The molecule has 0 unspecified atom stereocenters. The summed E-state index contributed by atoms with van der Waals surface area (Å²) in [6.07, 6.45) is 0.0654. The normalized spacial score (nSPS) is 12.7. The molecular formula is C34H32ClNO3. The van der Waals surface area contributed by atoms with Crippen LogP contribution in [0.15, 0.2) is 120 Å². The molecule has 0 spiro atoms. The molecular weight excluding hydrogens is 506 g/mol. The molecule has 0 heterocycles. The van der Waals surface area contributed by atoms with Gasteiger partial charge in [0.2, 0.25) is 0 Å². The van der Waals surface area contributed by atoms with Gasteiger partial charge in [0.25, 0.3) is 0 Å². The highest BCUT2D eigenvalue weighted by molar-refractivity contribution is 6.30. The molecule has 4 aromatic carbocycles. The van der Waals surface area contributed by atoms with E-state index in [1.807, 2.05) is 112 Å². The first kappa shape index (κ1) is 28.0. The van der Waals surface area contributed by atoms with E-state index in [0.717, 1.165) is 16.7 Å². The number of halogens is 1. The molecule has 5 heteroatoms. The number of ketones is 1. The number of esters is 1. The highest BCUT2D eigenvalue weighted by Crippen LogP contribution is 2.31. The van der Waals surface area contributed by atoms with Crippen LogP contribution >= 0.6 is 11.6 Å². The Hall–Kier alpha value is -4.02. The van der Waals surface area contributed by atoms with Gasteiger partial charge in [0.1, 0.15) is 5.60 Å². The standard InChI is InChI=1S/C34H32ClNO3/c1-34(2,3)39-33(38)32(36-31(26-15-9-5-10-16-26)27-17-11-6-12-18-27)29(24-13-7-4-8-14-24)23-30(37)25-19-21-28(35)22-20-25/h4-22,29,32H,23H2,1-3H3/t29-,32+/m0/s1. The van der Waals surface area contributed by atoms with E-state index in [0.29, 0.717) is 16.3 Å². The van der Waals surface area contributed by atoms with Crippen molar-refractivity contribution < 1.29 is 14.3 Å².